The van der Waals surface area contributed by atoms with Crippen LogP contribution in [0.3, 0.4) is 0 Å². The number of piperazine rings is 1. The van der Waals surface area contributed by atoms with Gasteiger partial charge in [0.15, 0.2) is 0 Å². The largest absolute Gasteiger partial charge is 0.369 e. The lowest BCUT2D eigenvalue weighted by Gasteiger charge is -2.36. The Kier molecular flexibility index (Phi) is 6.49. The third-order valence-corrected chi connectivity index (χ3v) is 5.40. The number of unbranched alkanes of at least 4 members (excludes halogenated alkanes) is 1. The van der Waals surface area contributed by atoms with E-state index in [2.05, 4.69) is 18.1 Å². The van der Waals surface area contributed by atoms with Crippen LogP contribution in [0, 0.1) is 0 Å². The van der Waals surface area contributed by atoms with Gasteiger partial charge in [0, 0.05) is 31.9 Å². The Balaban J connectivity index is 2.66. The van der Waals surface area contributed by atoms with Crippen molar-refractivity contribution in [3.05, 3.63) is 36.6 Å². The first-order chi connectivity index (χ1) is 9.42. The molecule has 0 spiro atoms. The van der Waals surface area contributed by atoms with E-state index < -0.39 is 10.0 Å². The fourth-order valence-electron chi connectivity index (χ4n) is 2.29. The number of allylic oxidation sites excluding steroid dienone is 3. The summed E-state index contributed by atoms with van der Waals surface area (Å²) < 4.78 is 25.9. The zero-order valence-electron chi connectivity index (χ0n) is 12.6. The Bertz CT molecular complexity index is 472. The summed E-state index contributed by atoms with van der Waals surface area (Å²) in [5, 5.41) is 0. The standard InChI is InChI=1S/C15H26N2O2S/c1-5-7-13-20(18,19)17-11-9-16(10-12-17)15(8-6-2)14(3)4/h6,8H,2-3,5,7,9-13H2,1,4H3/b15-8+. The van der Waals surface area contributed by atoms with Gasteiger partial charge in [-0.3, -0.25) is 0 Å². The van der Waals surface area contributed by atoms with Crippen LogP contribution in [0.1, 0.15) is 26.7 Å². The summed E-state index contributed by atoms with van der Waals surface area (Å²) in [6.07, 6.45) is 5.31. The second-order valence-corrected chi connectivity index (χ2v) is 7.21. The van der Waals surface area contributed by atoms with Crippen LogP contribution in [0.4, 0.5) is 0 Å². The van der Waals surface area contributed by atoms with Gasteiger partial charge in [-0.1, -0.05) is 32.6 Å². The molecule has 1 aliphatic heterocycles. The van der Waals surface area contributed by atoms with E-state index >= 15 is 0 Å². The number of sulfonamides is 1. The zero-order valence-corrected chi connectivity index (χ0v) is 13.5. The molecule has 1 rings (SSSR count). The molecule has 0 bridgehead atoms. The van der Waals surface area contributed by atoms with E-state index in [1.54, 1.807) is 10.4 Å². The SMILES string of the molecule is C=C/C=C(\C(=C)C)N1CCN(S(=O)(=O)CCCC)CC1. The molecule has 1 saturated heterocycles. The van der Waals surface area contributed by atoms with Gasteiger partial charge in [-0.2, -0.15) is 4.31 Å². The smallest absolute Gasteiger partial charge is 0.214 e. The number of rotatable bonds is 7. The Morgan fingerprint density at radius 2 is 1.85 bits per heavy atom. The Morgan fingerprint density at radius 3 is 2.30 bits per heavy atom. The highest BCUT2D eigenvalue weighted by atomic mass is 32.2. The summed E-state index contributed by atoms with van der Waals surface area (Å²) in [5.41, 5.74) is 2.03. The second kappa shape index (κ2) is 7.64. The molecule has 0 aromatic carbocycles. The molecule has 0 saturated carbocycles. The number of hydrogen-bond donors (Lipinski definition) is 0. The third kappa shape index (κ3) is 4.49. The molecule has 0 aromatic rings. The first-order valence-corrected chi connectivity index (χ1v) is 8.74. The van der Waals surface area contributed by atoms with Crippen LogP contribution in [0.25, 0.3) is 0 Å². The van der Waals surface area contributed by atoms with Crippen LogP contribution >= 0.6 is 0 Å². The molecule has 4 nitrogen and oxygen atoms in total. The molecule has 0 N–H and O–H groups in total. The van der Waals surface area contributed by atoms with Crippen molar-refractivity contribution in [2.75, 3.05) is 31.9 Å². The van der Waals surface area contributed by atoms with Crippen LogP contribution in [-0.4, -0.2) is 49.6 Å². The maximum atomic E-state index is 12.1. The molecule has 0 radical (unpaired) electrons. The minimum Gasteiger partial charge on any atom is -0.369 e. The summed E-state index contributed by atoms with van der Waals surface area (Å²) in [6.45, 7) is 14.2. The Labute approximate surface area is 123 Å². The van der Waals surface area contributed by atoms with Crippen LogP contribution in [0.15, 0.2) is 36.6 Å². The zero-order chi connectivity index (χ0) is 15.2. The molecule has 1 heterocycles. The van der Waals surface area contributed by atoms with E-state index in [0.29, 0.717) is 26.2 Å². The quantitative estimate of drug-likeness (QED) is 0.678. The minimum atomic E-state index is -3.08. The molecule has 1 aliphatic rings. The minimum absolute atomic E-state index is 0.263. The van der Waals surface area contributed by atoms with Gasteiger partial charge in [0.05, 0.1) is 5.75 Å². The first-order valence-electron chi connectivity index (χ1n) is 7.13. The van der Waals surface area contributed by atoms with Gasteiger partial charge >= 0.3 is 0 Å². The van der Waals surface area contributed by atoms with Crippen molar-refractivity contribution >= 4 is 10.0 Å². The first kappa shape index (κ1) is 17.0. The highest BCUT2D eigenvalue weighted by Crippen LogP contribution is 2.18. The highest BCUT2D eigenvalue weighted by molar-refractivity contribution is 7.89. The lowest BCUT2D eigenvalue weighted by Crippen LogP contribution is -2.48. The van der Waals surface area contributed by atoms with Crippen molar-refractivity contribution in [1.29, 1.82) is 0 Å². The summed E-state index contributed by atoms with van der Waals surface area (Å²) in [7, 11) is -3.08. The molecule has 0 unspecified atom stereocenters. The molecular weight excluding hydrogens is 272 g/mol. The van der Waals surface area contributed by atoms with Crippen LogP contribution < -0.4 is 0 Å². The van der Waals surface area contributed by atoms with Gasteiger partial charge < -0.3 is 4.90 Å². The van der Waals surface area contributed by atoms with Gasteiger partial charge in [-0.05, 0) is 25.0 Å². The van der Waals surface area contributed by atoms with E-state index in [1.165, 1.54) is 0 Å². The molecule has 5 heteroatoms. The van der Waals surface area contributed by atoms with Crippen LogP contribution in [0.2, 0.25) is 0 Å². The van der Waals surface area contributed by atoms with Gasteiger partial charge in [-0.15, -0.1) is 0 Å². The van der Waals surface area contributed by atoms with E-state index in [9.17, 15) is 8.42 Å². The van der Waals surface area contributed by atoms with E-state index in [-0.39, 0.29) is 5.75 Å². The molecule has 0 atom stereocenters. The number of hydrogen-bond acceptors (Lipinski definition) is 3. The lowest BCUT2D eigenvalue weighted by atomic mass is 10.2. The van der Waals surface area contributed by atoms with Crippen molar-refractivity contribution in [1.82, 2.24) is 9.21 Å². The summed E-state index contributed by atoms with van der Waals surface area (Å²) >= 11 is 0. The van der Waals surface area contributed by atoms with Gasteiger partial charge in [-0.25, -0.2) is 8.42 Å². The maximum absolute atomic E-state index is 12.1. The van der Waals surface area contributed by atoms with Crippen molar-refractivity contribution in [3.63, 3.8) is 0 Å². The van der Waals surface area contributed by atoms with Gasteiger partial charge in [0.1, 0.15) is 0 Å². The fourth-order valence-corrected chi connectivity index (χ4v) is 3.92. The molecule has 0 aliphatic carbocycles. The highest BCUT2D eigenvalue weighted by Gasteiger charge is 2.27. The molecule has 114 valence electrons. The normalized spacial score (nSPS) is 18.1. The molecule has 0 aromatic heterocycles. The van der Waals surface area contributed by atoms with Crippen molar-refractivity contribution in [2.24, 2.45) is 0 Å². The molecule has 20 heavy (non-hydrogen) atoms. The van der Waals surface area contributed by atoms with Gasteiger partial charge in [0.25, 0.3) is 0 Å². The molecule has 1 fully saturated rings. The number of nitrogens with zero attached hydrogens (tertiary/aromatic N) is 2. The van der Waals surface area contributed by atoms with E-state index in [4.69, 9.17) is 0 Å². The topological polar surface area (TPSA) is 40.6 Å². The van der Waals surface area contributed by atoms with Crippen molar-refractivity contribution < 1.29 is 8.42 Å². The maximum Gasteiger partial charge on any atom is 0.214 e. The summed E-state index contributed by atoms with van der Waals surface area (Å²) in [5.74, 6) is 0.263. The van der Waals surface area contributed by atoms with Crippen molar-refractivity contribution in [2.45, 2.75) is 26.7 Å². The second-order valence-electron chi connectivity index (χ2n) is 5.12. The molecule has 0 amide bonds. The molecular formula is C15H26N2O2S. The van der Waals surface area contributed by atoms with Gasteiger partial charge in [0.2, 0.25) is 10.0 Å². The Morgan fingerprint density at radius 1 is 1.25 bits per heavy atom. The lowest BCUT2D eigenvalue weighted by molar-refractivity contribution is 0.232. The van der Waals surface area contributed by atoms with Crippen LogP contribution in [-0.2, 0) is 10.0 Å². The van der Waals surface area contributed by atoms with E-state index in [1.807, 2.05) is 19.9 Å². The average Bonchev–Trinajstić information content (AvgIpc) is 2.42. The summed E-state index contributed by atoms with van der Waals surface area (Å²) in [4.78, 5) is 2.18. The predicted octanol–water partition coefficient (Wildman–Crippen LogP) is 2.38. The Hall–Kier alpha value is -1.07. The van der Waals surface area contributed by atoms with Crippen LogP contribution in [0.5, 0.6) is 0 Å². The average molecular weight is 298 g/mol. The predicted molar refractivity (Wildman–Crippen MR) is 84.9 cm³/mol. The monoisotopic (exact) mass is 298 g/mol. The fraction of sp³-hybridized carbons (Fsp3) is 0.600. The van der Waals surface area contributed by atoms with Crippen molar-refractivity contribution in [3.8, 4) is 0 Å². The summed E-state index contributed by atoms with van der Waals surface area (Å²) in [6, 6.07) is 0. The third-order valence-electron chi connectivity index (χ3n) is 3.44. The van der Waals surface area contributed by atoms with E-state index in [0.717, 1.165) is 24.1 Å².